The molecule has 0 spiro atoms. The first kappa shape index (κ1) is 17.8. The fourth-order valence-electron chi connectivity index (χ4n) is 2.70. The lowest BCUT2D eigenvalue weighted by atomic mass is 10.2. The minimum absolute atomic E-state index is 0.0403. The van der Waals surface area contributed by atoms with Crippen molar-refractivity contribution in [3.63, 3.8) is 0 Å². The van der Waals surface area contributed by atoms with Crippen molar-refractivity contribution in [2.75, 3.05) is 0 Å². The third-order valence-corrected chi connectivity index (χ3v) is 4.05. The molecule has 0 bridgehead atoms. The monoisotopic (exact) mass is 349 g/mol. The molecule has 3 aromatic rings. The molecule has 1 aromatic heterocycles. The second-order valence-corrected chi connectivity index (χ2v) is 6.15. The van der Waals surface area contributed by atoms with Crippen LogP contribution in [0.5, 0.6) is 11.5 Å². The predicted octanol–water partition coefficient (Wildman–Crippen LogP) is 5.43. The van der Waals surface area contributed by atoms with E-state index < -0.39 is 6.10 Å². The number of hydrogen-bond acceptors (Lipinski definition) is 4. The molecule has 0 radical (unpaired) electrons. The number of aromatic nitrogens is 1. The molecule has 134 valence electrons. The highest BCUT2D eigenvalue weighted by Crippen LogP contribution is 2.23. The number of benzene rings is 2. The Kier molecular flexibility index (Phi) is 5.74. The summed E-state index contributed by atoms with van der Waals surface area (Å²) in [5, 5.41) is 10.8. The fourth-order valence-corrected chi connectivity index (χ4v) is 2.70. The Hall–Kier alpha value is -3.01. The van der Waals surface area contributed by atoms with E-state index in [9.17, 15) is 5.11 Å². The summed E-state index contributed by atoms with van der Waals surface area (Å²) in [7, 11) is 0. The topological polar surface area (TPSA) is 51.6 Å². The van der Waals surface area contributed by atoms with E-state index in [1.54, 1.807) is 0 Å². The minimum Gasteiger partial charge on any atom is -0.509 e. The summed E-state index contributed by atoms with van der Waals surface area (Å²) in [6, 6.07) is 19.4. The van der Waals surface area contributed by atoms with Crippen molar-refractivity contribution in [2.24, 2.45) is 0 Å². The Balaban J connectivity index is 1.67. The van der Waals surface area contributed by atoms with Gasteiger partial charge in [-0.15, -0.1) is 0 Å². The first-order chi connectivity index (χ1) is 12.7. The van der Waals surface area contributed by atoms with E-state index in [1.807, 2.05) is 67.6 Å². The smallest absolute Gasteiger partial charge is 0.154 e. The van der Waals surface area contributed by atoms with Crippen LogP contribution < -0.4 is 9.47 Å². The molecule has 4 nitrogen and oxygen atoms in total. The number of pyridine rings is 1. The lowest BCUT2D eigenvalue weighted by Gasteiger charge is -2.18. The first-order valence-electron chi connectivity index (χ1n) is 8.77. The molecule has 0 aliphatic heterocycles. The van der Waals surface area contributed by atoms with Crippen molar-refractivity contribution in [1.29, 1.82) is 0 Å². The van der Waals surface area contributed by atoms with Gasteiger partial charge < -0.3 is 14.6 Å². The Labute approximate surface area is 153 Å². The summed E-state index contributed by atoms with van der Waals surface area (Å²) in [4.78, 5) is 4.61. The van der Waals surface area contributed by atoms with Crippen LogP contribution in [0.1, 0.15) is 25.5 Å². The Morgan fingerprint density at radius 2 is 1.88 bits per heavy atom. The number of aliphatic hydroxyl groups is 1. The van der Waals surface area contributed by atoms with Gasteiger partial charge in [-0.3, -0.25) is 0 Å². The molecule has 0 fully saturated rings. The van der Waals surface area contributed by atoms with Gasteiger partial charge in [-0.2, -0.15) is 0 Å². The maximum absolute atomic E-state index is 9.65. The van der Waals surface area contributed by atoms with Crippen LogP contribution in [0.25, 0.3) is 10.9 Å². The average molecular weight is 349 g/mol. The van der Waals surface area contributed by atoms with E-state index in [-0.39, 0.29) is 5.76 Å². The molecule has 0 aliphatic rings. The molecule has 1 heterocycles. The van der Waals surface area contributed by atoms with E-state index in [4.69, 9.17) is 9.47 Å². The van der Waals surface area contributed by atoms with E-state index in [1.165, 1.54) is 0 Å². The van der Waals surface area contributed by atoms with E-state index in [2.05, 4.69) is 11.6 Å². The molecule has 3 rings (SSSR count). The van der Waals surface area contributed by atoms with Gasteiger partial charge in [0.2, 0.25) is 0 Å². The number of rotatable bonds is 8. The minimum atomic E-state index is -0.405. The van der Waals surface area contributed by atoms with Crippen LogP contribution in [0, 0.1) is 0 Å². The number of ether oxygens (including phenoxy) is 2. The Morgan fingerprint density at radius 3 is 2.69 bits per heavy atom. The third-order valence-electron chi connectivity index (χ3n) is 4.05. The summed E-state index contributed by atoms with van der Waals surface area (Å²) < 4.78 is 11.7. The van der Waals surface area contributed by atoms with Gasteiger partial charge in [0.1, 0.15) is 23.9 Å². The van der Waals surface area contributed by atoms with Crippen molar-refractivity contribution in [3.8, 4) is 11.5 Å². The second-order valence-electron chi connectivity index (χ2n) is 6.15. The highest BCUT2D eigenvalue weighted by atomic mass is 16.5. The molecule has 0 saturated heterocycles. The van der Waals surface area contributed by atoms with Gasteiger partial charge in [-0.05, 0) is 30.7 Å². The molecule has 0 amide bonds. The maximum atomic E-state index is 9.65. The van der Waals surface area contributed by atoms with Gasteiger partial charge in [-0.25, -0.2) is 4.98 Å². The predicted molar refractivity (Wildman–Crippen MR) is 104 cm³/mol. The summed E-state index contributed by atoms with van der Waals surface area (Å²) in [6.45, 7) is 6.00. The number of aliphatic hydroxyl groups excluding tert-OH is 1. The molecule has 2 aromatic carbocycles. The molecule has 1 atom stereocenters. The Bertz CT molecular complexity index is 891. The SMILES string of the molecule is C=C(O)C(CCC)Oc1cccc(OCc2ccc3ccccc3n2)c1. The van der Waals surface area contributed by atoms with Crippen LogP contribution in [0.3, 0.4) is 0 Å². The van der Waals surface area contributed by atoms with Crippen LogP contribution in [0.4, 0.5) is 0 Å². The van der Waals surface area contributed by atoms with E-state index in [0.717, 1.165) is 23.0 Å². The van der Waals surface area contributed by atoms with Crippen LogP contribution >= 0.6 is 0 Å². The summed E-state index contributed by atoms with van der Waals surface area (Å²) in [5.41, 5.74) is 1.82. The maximum Gasteiger partial charge on any atom is 0.154 e. The van der Waals surface area contributed by atoms with Crippen molar-refractivity contribution < 1.29 is 14.6 Å². The lowest BCUT2D eigenvalue weighted by Crippen LogP contribution is -2.18. The standard InChI is InChI=1S/C22H23NO3/c1-3-7-22(16(2)24)26-20-10-6-9-19(14-20)25-15-18-13-12-17-8-4-5-11-21(17)23-18/h4-6,8-14,22,24H,2-3,7,15H2,1H3. The van der Waals surface area contributed by atoms with E-state index >= 15 is 0 Å². The van der Waals surface area contributed by atoms with Gasteiger partial charge in [0.25, 0.3) is 0 Å². The molecule has 0 saturated carbocycles. The van der Waals surface area contributed by atoms with Crippen LogP contribution in [0.2, 0.25) is 0 Å². The lowest BCUT2D eigenvalue weighted by molar-refractivity contribution is 0.166. The molecular formula is C22H23NO3. The zero-order valence-electron chi connectivity index (χ0n) is 14.9. The van der Waals surface area contributed by atoms with Crippen LogP contribution in [-0.4, -0.2) is 16.2 Å². The zero-order chi connectivity index (χ0) is 18.4. The van der Waals surface area contributed by atoms with Gasteiger partial charge in [0, 0.05) is 11.5 Å². The van der Waals surface area contributed by atoms with Crippen molar-refractivity contribution in [1.82, 2.24) is 4.98 Å². The van der Waals surface area contributed by atoms with Gasteiger partial charge in [0.05, 0.1) is 11.2 Å². The summed E-state index contributed by atoms with van der Waals surface area (Å²) in [6.07, 6.45) is 1.20. The first-order valence-corrected chi connectivity index (χ1v) is 8.77. The van der Waals surface area contributed by atoms with Crippen LogP contribution in [-0.2, 0) is 6.61 Å². The number of fused-ring (bicyclic) bond motifs is 1. The molecule has 1 unspecified atom stereocenters. The molecule has 1 N–H and O–H groups in total. The number of nitrogens with zero attached hydrogens (tertiary/aromatic N) is 1. The molecule has 26 heavy (non-hydrogen) atoms. The third kappa shape index (κ3) is 4.54. The summed E-state index contributed by atoms with van der Waals surface area (Å²) in [5.74, 6) is 1.37. The number of hydrogen-bond donors (Lipinski definition) is 1. The molecular weight excluding hydrogens is 326 g/mol. The normalized spacial score (nSPS) is 11.9. The van der Waals surface area contributed by atoms with Gasteiger partial charge in [-0.1, -0.05) is 50.3 Å². The summed E-state index contributed by atoms with van der Waals surface area (Å²) >= 11 is 0. The Morgan fingerprint density at radius 1 is 1.08 bits per heavy atom. The average Bonchev–Trinajstić information content (AvgIpc) is 2.66. The van der Waals surface area contributed by atoms with Crippen molar-refractivity contribution in [2.45, 2.75) is 32.5 Å². The quantitative estimate of drug-likeness (QED) is 0.551. The highest BCUT2D eigenvalue weighted by Gasteiger charge is 2.13. The molecule has 0 aliphatic carbocycles. The van der Waals surface area contributed by atoms with Crippen molar-refractivity contribution in [3.05, 3.63) is 78.7 Å². The largest absolute Gasteiger partial charge is 0.509 e. The molecule has 4 heteroatoms. The van der Waals surface area contributed by atoms with E-state index in [0.29, 0.717) is 24.5 Å². The van der Waals surface area contributed by atoms with Gasteiger partial charge in [0.15, 0.2) is 6.10 Å². The highest BCUT2D eigenvalue weighted by molar-refractivity contribution is 5.78. The zero-order valence-corrected chi connectivity index (χ0v) is 14.9. The van der Waals surface area contributed by atoms with Gasteiger partial charge >= 0.3 is 0 Å². The number of para-hydroxylation sites is 1. The second kappa shape index (κ2) is 8.39. The van der Waals surface area contributed by atoms with Crippen LogP contribution in [0.15, 0.2) is 73.0 Å². The van der Waals surface area contributed by atoms with Crippen molar-refractivity contribution >= 4 is 10.9 Å². The fraction of sp³-hybridized carbons (Fsp3) is 0.227.